The van der Waals surface area contributed by atoms with Gasteiger partial charge < -0.3 is 14.2 Å². The van der Waals surface area contributed by atoms with Crippen LogP contribution in [0.4, 0.5) is 0 Å². The van der Waals surface area contributed by atoms with Crippen molar-refractivity contribution in [2.45, 2.75) is 122 Å². The number of rotatable bonds is 12. The van der Waals surface area contributed by atoms with E-state index in [1.54, 1.807) is 0 Å². The minimum absolute atomic E-state index is 0.106. The lowest BCUT2D eigenvalue weighted by molar-refractivity contribution is -0.230. The van der Waals surface area contributed by atoms with Crippen LogP contribution in [0, 0.1) is 5.41 Å². The van der Waals surface area contributed by atoms with E-state index in [4.69, 9.17) is 14.2 Å². The highest BCUT2D eigenvalue weighted by Gasteiger charge is 2.48. The fraction of sp³-hybridized carbons (Fsp3) is 0.710. The van der Waals surface area contributed by atoms with E-state index in [-0.39, 0.29) is 18.7 Å². The monoisotopic (exact) mass is 482 g/mol. The van der Waals surface area contributed by atoms with Gasteiger partial charge in [-0.15, -0.1) is 0 Å². The molecule has 0 aromatic heterocycles. The lowest BCUT2D eigenvalue weighted by Gasteiger charge is -2.54. The van der Waals surface area contributed by atoms with Crippen molar-refractivity contribution >= 4 is 5.97 Å². The number of allylic oxidation sites excluding steroid dienone is 1. The van der Waals surface area contributed by atoms with Crippen LogP contribution in [-0.2, 0) is 24.4 Å². The van der Waals surface area contributed by atoms with Gasteiger partial charge in [0.25, 0.3) is 0 Å². The van der Waals surface area contributed by atoms with E-state index in [1.807, 2.05) is 6.08 Å². The number of esters is 1. The van der Waals surface area contributed by atoms with Gasteiger partial charge in [-0.3, -0.25) is 0 Å². The van der Waals surface area contributed by atoms with Gasteiger partial charge >= 0.3 is 5.97 Å². The lowest BCUT2D eigenvalue weighted by Crippen LogP contribution is -2.44. The van der Waals surface area contributed by atoms with Gasteiger partial charge in [0.05, 0.1) is 6.61 Å². The highest BCUT2D eigenvalue weighted by molar-refractivity contribution is 5.81. The van der Waals surface area contributed by atoms with Crippen molar-refractivity contribution in [3.63, 3.8) is 0 Å². The van der Waals surface area contributed by atoms with E-state index in [2.05, 4.69) is 38.1 Å². The largest absolute Gasteiger partial charge is 0.430 e. The summed E-state index contributed by atoms with van der Waals surface area (Å²) in [6.07, 6.45) is 20.9. The Morgan fingerprint density at radius 3 is 2.23 bits per heavy atom. The van der Waals surface area contributed by atoms with Crippen LogP contribution in [0.25, 0.3) is 0 Å². The fourth-order valence-corrected chi connectivity index (χ4v) is 6.48. The number of ether oxygens (including phenoxy) is 3. The molecule has 5 rings (SSSR count). The van der Waals surface area contributed by atoms with E-state index in [1.165, 1.54) is 88.7 Å². The maximum absolute atomic E-state index is 12.0. The molecule has 35 heavy (non-hydrogen) atoms. The van der Waals surface area contributed by atoms with E-state index in [0.717, 1.165) is 18.4 Å². The second-order valence-electron chi connectivity index (χ2n) is 11.3. The summed E-state index contributed by atoms with van der Waals surface area (Å²) < 4.78 is 17.2. The second kappa shape index (κ2) is 12.5. The average Bonchev–Trinajstić information content (AvgIpc) is 2.90. The predicted octanol–water partition coefficient (Wildman–Crippen LogP) is 7.95. The normalized spacial score (nSPS) is 30.6. The highest BCUT2D eigenvalue weighted by atomic mass is 16.7. The minimum Gasteiger partial charge on any atom is -0.430 e. The third-order valence-electron chi connectivity index (χ3n) is 8.95. The molecule has 2 atom stereocenters. The summed E-state index contributed by atoms with van der Waals surface area (Å²) in [6.45, 7) is 5.15. The van der Waals surface area contributed by atoms with Crippen LogP contribution in [0.5, 0.6) is 0 Å². The Hall–Kier alpha value is -1.65. The fourth-order valence-electron chi connectivity index (χ4n) is 6.48. The smallest absolute Gasteiger partial charge is 0.332 e. The first-order chi connectivity index (χ1) is 17.1. The van der Waals surface area contributed by atoms with Gasteiger partial charge in [0, 0.05) is 6.08 Å². The minimum atomic E-state index is -0.626. The van der Waals surface area contributed by atoms with E-state index in [0.29, 0.717) is 17.4 Å². The van der Waals surface area contributed by atoms with Gasteiger partial charge in [-0.25, -0.2) is 4.79 Å². The third kappa shape index (κ3) is 6.77. The summed E-state index contributed by atoms with van der Waals surface area (Å²) in [7, 11) is 0. The van der Waals surface area contributed by atoms with Gasteiger partial charge in [-0.05, 0) is 79.7 Å². The maximum Gasteiger partial charge on any atom is 0.332 e. The lowest BCUT2D eigenvalue weighted by atomic mass is 9.51. The first-order valence-corrected chi connectivity index (χ1v) is 14.3. The molecule has 4 nitrogen and oxygen atoms in total. The molecule has 194 valence electrons. The first-order valence-electron chi connectivity index (χ1n) is 14.3. The van der Waals surface area contributed by atoms with Crippen LogP contribution in [0.2, 0.25) is 0 Å². The van der Waals surface area contributed by atoms with Gasteiger partial charge in [0.15, 0.2) is 0 Å². The number of hydrogen-bond donors (Lipinski definition) is 0. The quantitative estimate of drug-likeness (QED) is 0.172. The molecule has 2 bridgehead atoms. The van der Waals surface area contributed by atoms with Crippen LogP contribution in [-0.4, -0.2) is 25.5 Å². The SMILES string of the molecule is CCCCCC=CC(=O)O[C@H]1CO[C@H](c2ccc(C34CCC(CCCCC)(CC3)CC4)cc2)CO1. The summed E-state index contributed by atoms with van der Waals surface area (Å²) in [5.41, 5.74) is 3.69. The molecule has 1 aliphatic heterocycles. The highest BCUT2D eigenvalue weighted by Crippen LogP contribution is 2.59. The van der Waals surface area contributed by atoms with Crippen molar-refractivity contribution in [2.75, 3.05) is 13.2 Å². The van der Waals surface area contributed by atoms with Crippen LogP contribution < -0.4 is 0 Å². The number of benzene rings is 1. The standard InChI is InChI=1S/C31H46O4/c1-3-5-7-8-9-11-28(32)35-29-24-33-27(23-34-29)25-12-14-26(15-13-25)31-20-17-30(18-21-31,19-22-31)16-10-6-4-2/h9,11-15,27,29H,3-8,10,16-24H2,1-2H3/t27-,29-,30?,31?/m0/s1. The zero-order valence-corrected chi connectivity index (χ0v) is 22.1. The average molecular weight is 483 g/mol. The summed E-state index contributed by atoms with van der Waals surface area (Å²) in [5, 5.41) is 0. The summed E-state index contributed by atoms with van der Waals surface area (Å²) >= 11 is 0. The number of fused-ring (bicyclic) bond motifs is 3. The Kier molecular flexibility index (Phi) is 9.46. The Labute approximate surface area is 212 Å². The molecule has 3 saturated carbocycles. The summed E-state index contributed by atoms with van der Waals surface area (Å²) in [5.74, 6) is -0.355. The first kappa shape index (κ1) is 26.4. The molecule has 4 fully saturated rings. The van der Waals surface area contributed by atoms with Crippen molar-refractivity contribution < 1.29 is 19.0 Å². The molecule has 0 radical (unpaired) electrons. The molecular weight excluding hydrogens is 436 g/mol. The zero-order chi connectivity index (χ0) is 24.6. The van der Waals surface area contributed by atoms with E-state index in [9.17, 15) is 4.79 Å². The zero-order valence-electron chi connectivity index (χ0n) is 22.1. The van der Waals surface area contributed by atoms with Crippen molar-refractivity contribution in [3.8, 4) is 0 Å². The Morgan fingerprint density at radius 2 is 1.60 bits per heavy atom. The molecule has 0 unspecified atom stereocenters. The molecule has 0 spiro atoms. The molecule has 1 saturated heterocycles. The molecule has 0 amide bonds. The number of carbonyl (C=O) groups excluding carboxylic acids is 1. The van der Waals surface area contributed by atoms with E-state index < -0.39 is 6.29 Å². The van der Waals surface area contributed by atoms with Gasteiger partial charge in [0.1, 0.15) is 12.7 Å². The molecule has 1 aromatic carbocycles. The summed E-state index contributed by atoms with van der Waals surface area (Å²) in [6, 6.07) is 9.12. The van der Waals surface area contributed by atoms with Crippen LogP contribution in [0.3, 0.4) is 0 Å². The van der Waals surface area contributed by atoms with Crippen molar-refractivity contribution in [2.24, 2.45) is 5.41 Å². The molecule has 1 aromatic rings. The Bertz CT molecular complexity index is 794. The van der Waals surface area contributed by atoms with Crippen molar-refractivity contribution in [1.29, 1.82) is 0 Å². The third-order valence-corrected chi connectivity index (χ3v) is 8.95. The molecule has 4 aliphatic rings. The molecular formula is C31H46O4. The van der Waals surface area contributed by atoms with Crippen molar-refractivity contribution in [3.05, 3.63) is 47.5 Å². The molecule has 3 aliphatic carbocycles. The molecule has 1 heterocycles. The predicted molar refractivity (Wildman–Crippen MR) is 140 cm³/mol. The number of carbonyl (C=O) groups is 1. The van der Waals surface area contributed by atoms with Gasteiger partial charge in [-0.2, -0.15) is 0 Å². The van der Waals surface area contributed by atoms with Gasteiger partial charge in [-0.1, -0.05) is 76.3 Å². The summed E-state index contributed by atoms with van der Waals surface area (Å²) in [4.78, 5) is 12.0. The molecule has 0 N–H and O–H groups in total. The second-order valence-corrected chi connectivity index (χ2v) is 11.3. The van der Waals surface area contributed by atoms with Crippen molar-refractivity contribution in [1.82, 2.24) is 0 Å². The van der Waals surface area contributed by atoms with Crippen LogP contribution in [0.1, 0.15) is 121 Å². The van der Waals surface area contributed by atoms with Crippen LogP contribution in [0.15, 0.2) is 36.4 Å². The Balaban J connectivity index is 1.23. The van der Waals surface area contributed by atoms with E-state index >= 15 is 0 Å². The maximum atomic E-state index is 12.0. The Morgan fingerprint density at radius 1 is 0.914 bits per heavy atom. The topological polar surface area (TPSA) is 44.8 Å². The molecule has 4 heteroatoms. The number of unbranched alkanes of at least 4 members (excludes halogenated alkanes) is 5. The van der Waals surface area contributed by atoms with Gasteiger partial charge in [0.2, 0.25) is 6.29 Å². The number of hydrogen-bond acceptors (Lipinski definition) is 4. The van der Waals surface area contributed by atoms with Crippen LogP contribution >= 0.6 is 0 Å².